The summed E-state index contributed by atoms with van der Waals surface area (Å²) in [6.45, 7) is -0.320. The lowest BCUT2D eigenvalue weighted by molar-refractivity contribution is -0.147. The molecule has 164 valence electrons. The molecule has 1 aliphatic carbocycles. The number of hydrogen-bond acceptors (Lipinski definition) is 5. The predicted molar refractivity (Wildman–Crippen MR) is 118 cm³/mol. The number of rotatable bonds is 9. The van der Waals surface area contributed by atoms with Gasteiger partial charge in [-0.1, -0.05) is 37.8 Å². The highest BCUT2D eigenvalue weighted by atomic mass is 16.5. The highest BCUT2D eigenvalue weighted by Gasteiger charge is 2.17. The quantitative estimate of drug-likeness (QED) is 0.582. The molecule has 7 nitrogen and oxygen atoms in total. The fraction of sp³-hybridized carbons (Fsp3) is 0.375. The van der Waals surface area contributed by atoms with Crippen molar-refractivity contribution in [3.8, 4) is 5.75 Å². The summed E-state index contributed by atoms with van der Waals surface area (Å²) in [5.74, 6) is 0.127. The van der Waals surface area contributed by atoms with Crippen LogP contribution in [0.5, 0.6) is 5.75 Å². The Morgan fingerprint density at radius 2 is 1.68 bits per heavy atom. The number of benzene rings is 2. The molecule has 0 heterocycles. The summed E-state index contributed by atoms with van der Waals surface area (Å²) in [7, 11) is 1.54. The average Bonchev–Trinajstić information content (AvgIpc) is 3.31. The van der Waals surface area contributed by atoms with Gasteiger partial charge in [0.15, 0.2) is 6.61 Å². The van der Waals surface area contributed by atoms with Gasteiger partial charge in [0.1, 0.15) is 5.75 Å². The SMILES string of the molecule is COc1ccccc1NC(=O)c1ccc(NC(=O)COC(=O)CCC2CCCC2)cc1. The molecule has 0 spiro atoms. The van der Waals surface area contributed by atoms with E-state index < -0.39 is 5.91 Å². The molecule has 0 aliphatic heterocycles. The van der Waals surface area contributed by atoms with Gasteiger partial charge in [-0.25, -0.2) is 0 Å². The lowest BCUT2D eigenvalue weighted by Crippen LogP contribution is -2.21. The smallest absolute Gasteiger partial charge is 0.306 e. The number of methoxy groups -OCH3 is 1. The first-order chi connectivity index (χ1) is 15.0. The van der Waals surface area contributed by atoms with Crippen molar-refractivity contribution < 1.29 is 23.9 Å². The number of ether oxygens (including phenoxy) is 2. The van der Waals surface area contributed by atoms with Gasteiger partial charge in [0, 0.05) is 17.7 Å². The number of carbonyl (C=O) groups is 3. The summed E-state index contributed by atoms with van der Waals surface area (Å²) in [6, 6.07) is 13.6. The van der Waals surface area contributed by atoms with Crippen molar-refractivity contribution in [2.24, 2.45) is 5.92 Å². The van der Waals surface area contributed by atoms with Crippen LogP contribution in [-0.2, 0) is 14.3 Å². The van der Waals surface area contributed by atoms with Crippen LogP contribution in [0.2, 0.25) is 0 Å². The van der Waals surface area contributed by atoms with E-state index in [0.29, 0.717) is 35.0 Å². The molecular formula is C24H28N2O5. The van der Waals surface area contributed by atoms with Gasteiger partial charge in [0.05, 0.1) is 12.8 Å². The van der Waals surface area contributed by atoms with Gasteiger partial charge < -0.3 is 20.1 Å². The number of nitrogens with one attached hydrogen (secondary N) is 2. The third kappa shape index (κ3) is 6.84. The minimum atomic E-state index is -0.416. The Hall–Kier alpha value is -3.35. The van der Waals surface area contributed by atoms with E-state index in [9.17, 15) is 14.4 Å². The molecule has 0 saturated heterocycles. The Morgan fingerprint density at radius 3 is 2.39 bits per heavy atom. The maximum absolute atomic E-state index is 12.4. The minimum absolute atomic E-state index is 0.293. The molecular weight excluding hydrogens is 396 g/mol. The maximum atomic E-state index is 12.4. The van der Waals surface area contributed by atoms with Gasteiger partial charge in [-0.3, -0.25) is 14.4 Å². The Labute approximate surface area is 182 Å². The number of hydrogen-bond donors (Lipinski definition) is 2. The van der Waals surface area contributed by atoms with Crippen LogP contribution in [0.4, 0.5) is 11.4 Å². The van der Waals surface area contributed by atoms with E-state index in [4.69, 9.17) is 9.47 Å². The maximum Gasteiger partial charge on any atom is 0.306 e. The number of carbonyl (C=O) groups excluding carboxylic acids is 3. The third-order valence-electron chi connectivity index (χ3n) is 5.38. The van der Waals surface area contributed by atoms with Crippen LogP contribution in [0.25, 0.3) is 0 Å². The first-order valence-electron chi connectivity index (χ1n) is 10.5. The average molecular weight is 424 g/mol. The molecule has 1 fully saturated rings. The summed E-state index contributed by atoms with van der Waals surface area (Å²) in [5.41, 5.74) is 1.52. The first-order valence-corrected chi connectivity index (χ1v) is 10.5. The highest BCUT2D eigenvalue weighted by Crippen LogP contribution is 2.28. The van der Waals surface area contributed by atoms with Crippen LogP contribution in [0.3, 0.4) is 0 Å². The van der Waals surface area contributed by atoms with Crippen molar-refractivity contribution in [2.75, 3.05) is 24.4 Å². The molecule has 2 aromatic rings. The molecule has 0 aromatic heterocycles. The van der Waals surface area contributed by atoms with Crippen LogP contribution in [-0.4, -0.2) is 31.5 Å². The largest absolute Gasteiger partial charge is 0.495 e. The normalized spacial score (nSPS) is 13.5. The number of amides is 2. The number of esters is 1. The molecule has 31 heavy (non-hydrogen) atoms. The Morgan fingerprint density at radius 1 is 0.968 bits per heavy atom. The van der Waals surface area contributed by atoms with Gasteiger partial charge in [-0.2, -0.15) is 0 Å². The molecule has 0 unspecified atom stereocenters. The summed E-state index contributed by atoms with van der Waals surface area (Å²) in [4.78, 5) is 36.3. The molecule has 3 rings (SSSR count). The van der Waals surface area contributed by atoms with E-state index in [-0.39, 0.29) is 18.5 Å². The second-order valence-corrected chi connectivity index (χ2v) is 7.63. The van der Waals surface area contributed by atoms with Crippen LogP contribution >= 0.6 is 0 Å². The fourth-order valence-corrected chi connectivity index (χ4v) is 3.68. The molecule has 7 heteroatoms. The van der Waals surface area contributed by atoms with Crippen LogP contribution in [0.1, 0.15) is 48.9 Å². The van der Waals surface area contributed by atoms with Gasteiger partial charge in [-0.15, -0.1) is 0 Å². The second kappa shape index (κ2) is 11.2. The Balaban J connectivity index is 1.43. The molecule has 0 atom stereocenters. The summed E-state index contributed by atoms with van der Waals surface area (Å²) in [5, 5.41) is 5.45. The standard InChI is InChI=1S/C24H28N2O5/c1-30-21-9-5-4-8-20(21)26-24(29)18-11-13-19(14-12-18)25-22(27)16-31-23(28)15-10-17-6-2-3-7-17/h4-5,8-9,11-14,17H,2-3,6-7,10,15-16H2,1H3,(H,25,27)(H,26,29). The lowest BCUT2D eigenvalue weighted by atomic mass is 10.0. The van der Waals surface area contributed by atoms with Gasteiger partial charge >= 0.3 is 5.97 Å². The van der Waals surface area contributed by atoms with Crippen molar-refractivity contribution in [3.05, 3.63) is 54.1 Å². The summed E-state index contributed by atoms with van der Waals surface area (Å²) in [6.07, 6.45) is 6.03. The minimum Gasteiger partial charge on any atom is -0.495 e. The highest BCUT2D eigenvalue weighted by molar-refractivity contribution is 6.05. The monoisotopic (exact) mass is 424 g/mol. The number of anilines is 2. The fourth-order valence-electron chi connectivity index (χ4n) is 3.68. The van der Waals surface area contributed by atoms with Crippen molar-refractivity contribution in [1.82, 2.24) is 0 Å². The van der Waals surface area contributed by atoms with E-state index in [1.807, 2.05) is 6.07 Å². The van der Waals surface area contributed by atoms with Gasteiger partial charge in [0.25, 0.3) is 11.8 Å². The Bertz CT molecular complexity index is 904. The van der Waals surface area contributed by atoms with Crippen molar-refractivity contribution in [2.45, 2.75) is 38.5 Å². The molecule has 2 amide bonds. The van der Waals surface area contributed by atoms with Crippen LogP contribution < -0.4 is 15.4 Å². The molecule has 2 aromatic carbocycles. The molecule has 1 aliphatic rings. The second-order valence-electron chi connectivity index (χ2n) is 7.63. The molecule has 1 saturated carbocycles. The van der Waals surface area contributed by atoms with Crippen molar-refractivity contribution in [3.63, 3.8) is 0 Å². The topological polar surface area (TPSA) is 93.7 Å². The summed E-state index contributed by atoms with van der Waals surface area (Å²) < 4.78 is 10.3. The van der Waals surface area contributed by atoms with E-state index in [2.05, 4.69) is 10.6 Å². The lowest BCUT2D eigenvalue weighted by Gasteiger charge is -2.11. The zero-order valence-corrected chi connectivity index (χ0v) is 17.7. The van der Waals surface area contributed by atoms with E-state index in [0.717, 1.165) is 6.42 Å². The van der Waals surface area contributed by atoms with Gasteiger partial charge in [-0.05, 0) is 48.7 Å². The van der Waals surface area contributed by atoms with E-state index >= 15 is 0 Å². The van der Waals surface area contributed by atoms with Crippen LogP contribution in [0.15, 0.2) is 48.5 Å². The number of para-hydroxylation sites is 2. The zero-order valence-electron chi connectivity index (χ0n) is 17.7. The van der Waals surface area contributed by atoms with Crippen molar-refractivity contribution >= 4 is 29.2 Å². The summed E-state index contributed by atoms with van der Waals surface area (Å²) >= 11 is 0. The predicted octanol–water partition coefficient (Wildman–Crippen LogP) is 4.40. The molecule has 2 N–H and O–H groups in total. The van der Waals surface area contributed by atoms with E-state index in [1.165, 1.54) is 32.8 Å². The Kier molecular flexibility index (Phi) is 8.04. The third-order valence-corrected chi connectivity index (χ3v) is 5.38. The van der Waals surface area contributed by atoms with Crippen molar-refractivity contribution in [1.29, 1.82) is 0 Å². The van der Waals surface area contributed by atoms with E-state index in [1.54, 1.807) is 42.5 Å². The molecule has 0 bridgehead atoms. The molecule has 0 radical (unpaired) electrons. The zero-order chi connectivity index (χ0) is 22.1. The van der Waals surface area contributed by atoms with Crippen LogP contribution in [0, 0.1) is 5.92 Å². The first kappa shape index (κ1) is 22.3. The van der Waals surface area contributed by atoms with Gasteiger partial charge in [0.2, 0.25) is 0 Å².